The fourth-order valence-electron chi connectivity index (χ4n) is 2.97. The molecule has 0 aliphatic carbocycles. The first-order valence-corrected chi connectivity index (χ1v) is 8.90. The molecule has 0 fully saturated rings. The highest BCUT2D eigenvalue weighted by Gasteiger charge is 2.37. The van der Waals surface area contributed by atoms with Crippen molar-refractivity contribution in [3.05, 3.63) is 47.2 Å². The number of carbonyl (C=O) groups excluding carboxylic acids is 1. The van der Waals surface area contributed by atoms with Crippen LogP contribution in [0.3, 0.4) is 0 Å². The summed E-state index contributed by atoms with van der Waals surface area (Å²) < 4.78 is 48.2. The monoisotopic (exact) mass is 406 g/mol. The Morgan fingerprint density at radius 2 is 1.83 bits per heavy atom. The van der Waals surface area contributed by atoms with E-state index in [4.69, 9.17) is 4.74 Å². The largest absolute Gasteiger partial charge is 0.444 e. The molecule has 2 aromatic heterocycles. The number of fused-ring (bicyclic) bond motifs is 1. The van der Waals surface area contributed by atoms with Gasteiger partial charge in [0, 0.05) is 11.8 Å². The molecule has 0 atom stereocenters. The molecule has 3 rings (SSSR count). The SMILES string of the molecule is Cc1ccc(-c2nc3cccnn3c2NC(=O)OC(C)(C)C)c(C(F)(F)F)c1C. The van der Waals surface area contributed by atoms with Crippen molar-refractivity contribution in [3.8, 4) is 11.3 Å². The molecule has 0 aliphatic heterocycles. The maximum absolute atomic E-state index is 13.9. The zero-order valence-electron chi connectivity index (χ0n) is 16.7. The summed E-state index contributed by atoms with van der Waals surface area (Å²) in [6, 6.07) is 6.14. The topological polar surface area (TPSA) is 68.5 Å². The van der Waals surface area contributed by atoms with Crippen LogP contribution in [0, 0.1) is 13.8 Å². The van der Waals surface area contributed by atoms with Gasteiger partial charge >= 0.3 is 12.3 Å². The summed E-state index contributed by atoms with van der Waals surface area (Å²) in [5.74, 6) is 0.00334. The number of hydrogen-bond acceptors (Lipinski definition) is 4. The van der Waals surface area contributed by atoms with Crippen molar-refractivity contribution in [3.63, 3.8) is 0 Å². The molecule has 1 amide bonds. The Balaban J connectivity index is 2.24. The lowest BCUT2D eigenvalue weighted by Crippen LogP contribution is -2.28. The second-order valence-corrected chi connectivity index (χ2v) is 7.66. The lowest BCUT2D eigenvalue weighted by Gasteiger charge is -2.20. The summed E-state index contributed by atoms with van der Waals surface area (Å²) in [7, 11) is 0. The van der Waals surface area contributed by atoms with Crippen LogP contribution in [-0.2, 0) is 10.9 Å². The number of amides is 1. The smallest absolute Gasteiger partial charge is 0.417 e. The first kappa shape index (κ1) is 20.6. The van der Waals surface area contributed by atoms with Gasteiger partial charge < -0.3 is 4.74 Å². The standard InChI is InChI=1S/C20H21F3N4O2/c1-11-8-9-13(15(12(11)2)20(21,22)23)16-17(26-18(28)29-19(3,4)5)27-14(25-16)7-6-10-24-27/h6-10H,1-5H3,(H,26,28). The molecule has 29 heavy (non-hydrogen) atoms. The van der Waals surface area contributed by atoms with Crippen LogP contribution in [0.2, 0.25) is 0 Å². The molecule has 0 saturated carbocycles. The van der Waals surface area contributed by atoms with Gasteiger partial charge in [0.25, 0.3) is 0 Å². The second kappa shape index (κ2) is 7.06. The minimum atomic E-state index is -4.60. The molecule has 3 aromatic rings. The third-order valence-electron chi connectivity index (χ3n) is 4.29. The molecular weight excluding hydrogens is 385 g/mol. The molecular formula is C20H21F3N4O2. The minimum Gasteiger partial charge on any atom is -0.444 e. The van der Waals surface area contributed by atoms with Gasteiger partial charge in [0.05, 0.1) is 5.56 Å². The Bertz CT molecular complexity index is 1080. The van der Waals surface area contributed by atoms with Gasteiger partial charge in [-0.15, -0.1) is 0 Å². The number of alkyl halides is 3. The van der Waals surface area contributed by atoms with Crippen molar-refractivity contribution in [1.82, 2.24) is 14.6 Å². The van der Waals surface area contributed by atoms with Crippen molar-refractivity contribution in [2.75, 3.05) is 5.32 Å². The predicted octanol–water partition coefficient (Wildman–Crippen LogP) is 5.38. The molecule has 0 unspecified atom stereocenters. The molecule has 154 valence electrons. The van der Waals surface area contributed by atoms with E-state index in [2.05, 4.69) is 15.4 Å². The number of anilines is 1. The van der Waals surface area contributed by atoms with Gasteiger partial charge in [-0.2, -0.15) is 22.8 Å². The van der Waals surface area contributed by atoms with E-state index in [1.54, 1.807) is 45.9 Å². The van der Waals surface area contributed by atoms with Crippen molar-refractivity contribution in [2.45, 2.75) is 46.4 Å². The number of rotatable bonds is 2. The zero-order chi connectivity index (χ0) is 21.6. The summed E-state index contributed by atoms with van der Waals surface area (Å²) in [6.07, 6.45) is -3.97. The van der Waals surface area contributed by atoms with Gasteiger partial charge in [-0.1, -0.05) is 12.1 Å². The molecule has 9 heteroatoms. The number of benzene rings is 1. The Hall–Kier alpha value is -3.10. The van der Waals surface area contributed by atoms with Gasteiger partial charge in [-0.05, 0) is 57.9 Å². The Labute approximate surface area is 165 Å². The van der Waals surface area contributed by atoms with Crippen molar-refractivity contribution in [2.24, 2.45) is 0 Å². The summed E-state index contributed by atoms with van der Waals surface area (Å²) in [5, 5.41) is 6.62. The quantitative estimate of drug-likeness (QED) is 0.621. The molecule has 1 N–H and O–H groups in total. The summed E-state index contributed by atoms with van der Waals surface area (Å²) >= 11 is 0. The van der Waals surface area contributed by atoms with Gasteiger partial charge in [0.2, 0.25) is 0 Å². The van der Waals surface area contributed by atoms with E-state index in [1.807, 2.05) is 0 Å². The third-order valence-corrected chi connectivity index (χ3v) is 4.29. The highest BCUT2D eigenvalue weighted by molar-refractivity contribution is 5.91. The van der Waals surface area contributed by atoms with E-state index in [-0.39, 0.29) is 22.6 Å². The number of nitrogens with one attached hydrogen (secondary N) is 1. The van der Waals surface area contributed by atoms with Crippen LogP contribution in [0.5, 0.6) is 0 Å². The molecule has 0 saturated heterocycles. The molecule has 0 bridgehead atoms. The van der Waals surface area contributed by atoms with Crippen LogP contribution in [0.1, 0.15) is 37.5 Å². The number of halogens is 3. The number of carbonyl (C=O) groups is 1. The molecule has 2 heterocycles. The maximum atomic E-state index is 13.9. The Morgan fingerprint density at radius 3 is 2.45 bits per heavy atom. The summed E-state index contributed by atoms with van der Waals surface area (Å²) in [6.45, 7) is 8.08. The van der Waals surface area contributed by atoms with E-state index in [1.165, 1.54) is 23.7 Å². The molecule has 1 aromatic carbocycles. The fourth-order valence-corrected chi connectivity index (χ4v) is 2.97. The van der Waals surface area contributed by atoms with Gasteiger partial charge in [0.1, 0.15) is 11.3 Å². The highest BCUT2D eigenvalue weighted by Crippen LogP contribution is 2.42. The van der Waals surface area contributed by atoms with Crippen molar-refractivity contribution in [1.29, 1.82) is 0 Å². The van der Waals surface area contributed by atoms with Crippen LogP contribution in [0.15, 0.2) is 30.5 Å². The van der Waals surface area contributed by atoms with Crippen LogP contribution in [0.4, 0.5) is 23.8 Å². The number of ether oxygens (including phenoxy) is 1. The van der Waals surface area contributed by atoms with E-state index >= 15 is 0 Å². The maximum Gasteiger partial charge on any atom is 0.417 e. The van der Waals surface area contributed by atoms with Crippen LogP contribution in [0.25, 0.3) is 16.9 Å². The third kappa shape index (κ3) is 4.18. The summed E-state index contributed by atoms with van der Waals surface area (Å²) in [4.78, 5) is 16.6. The molecule has 0 radical (unpaired) electrons. The molecule has 0 spiro atoms. The van der Waals surface area contributed by atoms with Crippen molar-refractivity contribution >= 4 is 17.6 Å². The Kier molecular flexibility index (Phi) is 5.02. The normalized spacial score (nSPS) is 12.3. The number of aryl methyl sites for hydroxylation is 1. The number of hydrogen-bond donors (Lipinski definition) is 1. The second-order valence-electron chi connectivity index (χ2n) is 7.66. The lowest BCUT2D eigenvalue weighted by molar-refractivity contribution is -0.137. The summed E-state index contributed by atoms with van der Waals surface area (Å²) in [5.41, 5.74) is -0.863. The predicted molar refractivity (Wildman–Crippen MR) is 103 cm³/mol. The van der Waals surface area contributed by atoms with E-state index in [9.17, 15) is 18.0 Å². The van der Waals surface area contributed by atoms with Gasteiger partial charge in [0.15, 0.2) is 11.5 Å². The van der Waals surface area contributed by atoms with Gasteiger partial charge in [-0.3, -0.25) is 5.32 Å². The highest BCUT2D eigenvalue weighted by atomic mass is 19.4. The number of nitrogens with zero attached hydrogens (tertiary/aromatic N) is 3. The first-order chi connectivity index (χ1) is 13.4. The lowest BCUT2D eigenvalue weighted by atomic mass is 9.95. The first-order valence-electron chi connectivity index (χ1n) is 8.90. The van der Waals surface area contributed by atoms with E-state index < -0.39 is 23.4 Å². The van der Waals surface area contributed by atoms with E-state index in [0.29, 0.717) is 11.2 Å². The van der Waals surface area contributed by atoms with Crippen LogP contribution in [-0.4, -0.2) is 26.3 Å². The number of imidazole rings is 1. The average molecular weight is 406 g/mol. The van der Waals surface area contributed by atoms with Crippen LogP contribution < -0.4 is 5.32 Å². The van der Waals surface area contributed by atoms with E-state index in [0.717, 1.165) is 0 Å². The molecule has 6 nitrogen and oxygen atoms in total. The van der Waals surface area contributed by atoms with Crippen molar-refractivity contribution < 1.29 is 22.7 Å². The van der Waals surface area contributed by atoms with Gasteiger partial charge in [-0.25, -0.2) is 9.78 Å². The van der Waals surface area contributed by atoms with Crippen LogP contribution >= 0.6 is 0 Å². The average Bonchev–Trinajstić information content (AvgIpc) is 2.93. The molecule has 0 aliphatic rings. The fraction of sp³-hybridized carbons (Fsp3) is 0.350. The number of aromatic nitrogens is 3. The minimum absolute atomic E-state index is 0.00334. The Morgan fingerprint density at radius 1 is 1.14 bits per heavy atom. The zero-order valence-corrected chi connectivity index (χ0v) is 16.7.